The van der Waals surface area contributed by atoms with Crippen LogP contribution in [0.1, 0.15) is 13.8 Å². The van der Waals surface area contributed by atoms with Crippen LogP contribution in [0.5, 0.6) is 0 Å². The van der Waals surface area contributed by atoms with E-state index in [4.69, 9.17) is 10.4 Å². The fourth-order valence-electron chi connectivity index (χ4n) is 0.310. The third-order valence-corrected chi connectivity index (χ3v) is 1.53. The van der Waals surface area contributed by atoms with Gasteiger partial charge in [0.25, 0.3) is 0 Å². The topological polar surface area (TPSA) is 44.0 Å². The van der Waals surface area contributed by atoms with Crippen molar-refractivity contribution in [1.29, 1.82) is 5.26 Å². The number of hydrogen-bond donors (Lipinski definition) is 1. The number of rotatable bonds is 2. The zero-order valence-electron chi connectivity index (χ0n) is 5.76. The summed E-state index contributed by atoms with van der Waals surface area (Å²) in [5, 5.41) is 17.5. The van der Waals surface area contributed by atoms with Crippen LogP contribution in [-0.2, 0) is 0 Å². The maximum atomic E-state index is 8.98. The van der Waals surface area contributed by atoms with Crippen molar-refractivity contribution in [3.05, 3.63) is 12.7 Å². The van der Waals surface area contributed by atoms with E-state index < -0.39 is 11.5 Å². The van der Waals surface area contributed by atoms with Crippen LogP contribution in [0.2, 0.25) is 0 Å². The Balaban J connectivity index is 4.32. The molecule has 0 saturated heterocycles. The molecule has 0 radical (unpaired) electrons. The summed E-state index contributed by atoms with van der Waals surface area (Å²) in [5.41, 5.74) is -0.792. The zero-order valence-corrected chi connectivity index (χ0v) is 5.76. The second-order valence-corrected chi connectivity index (χ2v) is 2.27. The van der Waals surface area contributed by atoms with Gasteiger partial charge in [-0.05, 0) is 13.8 Å². The van der Waals surface area contributed by atoms with Crippen LogP contribution < -0.4 is 0 Å². The van der Waals surface area contributed by atoms with Crippen molar-refractivity contribution >= 4 is 0 Å². The summed E-state index contributed by atoms with van der Waals surface area (Å²) in [6.07, 6.45) is 0.803. The van der Waals surface area contributed by atoms with Crippen LogP contribution in [0.25, 0.3) is 0 Å². The summed E-state index contributed by atoms with van der Waals surface area (Å²) in [7, 11) is 0. The van der Waals surface area contributed by atoms with E-state index in [2.05, 4.69) is 6.58 Å². The molecule has 1 N–H and O–H groups in total. The van der Waals surface area contributed by atoms with Gasteiger partial charge in [-0.1, -0.05) is 6.08 Å². The van der Waals surface area contributed by atoms with Gasteiger partial charge in [0.05, 0.1) is 17.6 Å². The van der Waals surface area contributed by atoms with Crippen molar-refractivity contribution in [1.82, 2.24) is 0 Å². The molecule has 0 bridgehead atoms. The zero-order chi connectivity index (χ0) is 7.49. The number of hydrogen-bond acceptors (Lipinski definition) is 2. The summed E-state index contributed by atoms with van der Waals surface area (Å²) in [5.74, 6) is 0. The van der Waals surface area contributed by atoms with Crippen LogP contribution >= 0.6 is 0 Å². The lowest BCUT2D eigenvalue weighted by Crippen LogP contribution is -2.25. The van der Waals surface area contributed by atoms with Gasteiger partial charge >= 0.3 is 0 Å². The molecule has 0 fully saturated rings. The summed E-state index contributed by atoms with van der Waals surface area (Å²) < 4.78 is 0. The summed E-state index contributed by atoms with van der Waals surface area (Å²) >= 11 is 0. The molecule has 0 aromatic carbocycles. The van der Waals surface area contributed by atoms with Gasteiger partial charge in [0.1, 0.15) is 0 Å². The third kappa shape index (κ3) is 1.55. The Morgan fingerprint density at radius 1 is 1.89 bits per heavy atom. The Labute approximate surface area is 55.4 Å². The Kier molecular flexibility index (Phi) is 2.41. The molecule has 2 nitrogen and oxygen atoms in total. The molecule has 2 atom stereocenters. The molecule has 0 spiro atoms. The summed E-state index contributed by atoms with van der Waals surface area (Å²) in [6, 6.07) is 1.96. The fourth-order valence-corrected chi connectivity index (χ4v) is 0.310. The second kappa shape index (κ2) is 2.65. The molecule has 0 heterocycles. The van der Waals surface area contributed by atoms with E-state index >= 15 is 0 Å². The second-order valence-electron chi connectivity index (χ2n) is 2.27. The van der Waals surface area contributed by atoms with Crippen molar-refractivity contribution in [3.8, 4) is 6.07 Å². The van der Waals surface area contributed by atoms with Crippen molar-refractivity contribution < 1.29 is 5.11 Å². The molecule has 0 aliphatic rings. The molecule has 0 aromatic heterocycles. The predicted molar refractivity (Wildman–Crippen MR) is 35.6 cm³/mol. The Bertz CT molecular complexity index is 145. The molecule has 0 aliphatic heterocycles. The summed E-state index contributed by atoms with van der Waals surface area (Å²) in [4.78, 5) is 0. The molecule has 0 rings (SSSR count). The molecule has 0 amide bonds. The van der Waals surface area contributed by atoms with Crippen LogP contribution in [0.4, 0.5) is 0 Å². The predicted octanol–water partition coefficient (Wildman–Crippen LogP) is 1.08. The highest BCUT2D eigenvalue weighted by molar-refractivity contribution is 5.10. The fraction of sp³-hybridized carbons (Fsp3) is 0.571. The lowest BCUT2D eigenvalue weighted by molar-refractivity contribution is 0.122. The molecule has 9 heavy (non-hydrogen) atoms. The lowest BCUT2D eigenvalue weighted by atomic mass is 9.87. The first-order chi connectivity index (χ1) is 4.06. The molecule has 0 saturated carbocycles. The van der Waals surface area contributed by atoms with Gasteiger partial charge in [0, 0.05) is 0 Å². The first-order valence-electron chi connectivity index (χ1n) is 2.79. The highest BCUT2D eigenvalue weighted by Crippen LogP contribution is 2.20. The molecule has 2 unspecified atom stereocenters. The van der Waals surface area contributed by atoms with Crippen LogP contribution in [-0.4, -0.2) is 11.2 Å². The highest BCUT2D eigenvalue weighted by atomic mass is 16.3. The lowest BCUT2D eigenvalue weighted by Gasteiger charge is -2.19. The Morgan fingerprint density at radius 3 is 2.33 bits per heavy atom. The van der Waals surface area contributed by atoms with Crippen molar-refractivity contribution in [2.75, 3.05) is 0 Å². The number of aliphatic hydroxyl groups excluding tert-OH is 1. The minimum atomic E-state index is -0.792. The number of nitrogens with zero attached hydrogens (tertiary/aromatic N) is 1. The van der Waals surface area contributed by atoms with Crippen molar-refractivity contribution in [3.63, 3.8) is 0 Å². The largest absolute Gasteiger partial charge is 0.391 e. The Morgan fingerprint density at radius 2 is 2.33 bits per heavy atom. The van der Waals surface area contributed by atoms with Gasteiger partial charge in [-0.3, -0.25) is 0 Å². The molecular weight excluding hydrogens is 114 g/mol. The number of aliphatic hydroxyl groups is 1. The molecule has 50 valence electrons. The SMILES string of the molecule is C=CC(C)(C#N)C(C)O. The van der Waals surface area contributed by atoms with Crippen LogP contribution in [0, 0.1) is 16.7 Å². The average Bonchev–Trinajstić information content (AvgIpc) is 1.86. The van der Waals surface area contributed by atoms with E-state index in [-0.39, 0.29) is 0 Å². The van der Waals surface area contributed by atoms with Gasteiger partial charge in [-0.25, -0.2) is 0 Å². The van der Waals surface area contributed by atoms with Crippen molar-refractivity contribution in [2.45, 2.75) is 20.0 Å². The van der Waals surface area contributed by atoms with Crippen LogP contribution in [0.15, 0.2) is 12.7 Å². The van der Waals surface area contributed by atoms with E-state index in [1.54, 1.807) is 13.8 Å². The normalized spacial score (nSPS) is 19.3. The summed E-state index contributed by atoms with van der Waals surface area (Å²) in [6.45, 7) is 6.66. The smallest absolute Gasteiger partial charge is 0.0978 e. The van der Waals surface area contributed by atoms with Gasteiger partial charge < -0.3 is 5.11 Å². The number of nitriles is 1. The average molecular weight is 125 g/mol. The Hall–Kier alpha value is -0.810. The van der Waals surface area contributed by atoms with E-state index in [1.165, 1.54) is 6.08 Å². The van der Waals surface area contributed by atoms with Gasteiger partial charge in [0.2, 0.25) is 0 Å². The first kappa shape index (κ1) is 8.19. The van der Waals surface area contributed by atoms with Gasteiger partial charge in [0.15, 0.2) is 0 Å². The molecule has 2 heteroatoms. The minimum Gasteiger partial charge on any atom is -0.391 e. The van der Waals surface area contributed by atoms with Crippen LogP contribution in [0.3, 0.4) is 0 Å². The quantitative estimate of drug-likeness (QED) is 0.561. The van der Waals surface area contributed by atoms with Gasteiger partial charge in [-0.15, -0.1) is 6.58 Å². The molecule has 0 aromatic rings. The monoisotopic (exact) mass is 125 g/mol. The van der Waals surface area contributed by atoms with Gasteiger partial charge in [-0.2, -0.15) is 5.26 Å². The molecule has 0 aliphatic carbocycles. The van der Waals surface area contributed by atoms with E-state index in [9.17, 15) is 0 Å². The maximum Gasteiger partial charge on any atom is 0.0978 e. The van der Waals surface area contributed by atoms with Crippen molar-refractivity contribution in [2.24, 2.45) is 5.41 Å². The van der Waals surface area contributed by atoms with E-state index in [1.807, 2.05) is 6.07 Å². The third-order valence-electron chi connectivity index (χ3n) is 1.53. The van der Waals surface area contributed by atoms with E-state index in [0.29, 0.717) is 0 Å². The highest BCUT2D eigenvalue weighted by Gasteiger charge is 2.25. The standard InChI is InChI=1S/C7H11NO/c1-4-7(3,5-8)6(2)9/h4,6,9H,1H2,2-3H3. The first-order valence-corrected chi connectivity index (χ1v) is 2.79. The van der Waals surface area contributed by atoms with E-state index in [0.717, 1.165) is 0 Å². The molecular formula is C7H11NO. The minimum absolute atomic E-state index is 0.653. The maximum absolute atomic E-state index is 8.98.